The highest BCUT2D eigenvalue weighted by Gasteiger charge is 2.41. The van der Waals surface area contributed by atoms with Crippen LogP contribution in [0.2, 0.25) is 0 Å². The van der Waals surface area contributed by atoms with Crippen LogP contribution >= 0.6 is 11.3 Å². The maximum absolute atomic E-state index is 12.8. The van der Waals surface area contributed by atoms with E-state index in [9.17, 15) is 4.79 Å². The summed E-state index contributed by atoms with van der Waals surface area (Å²) in [6, 6.07) is 3.96. The van der Waals surface area contributed by atoms with E-state index < -0.39 is 0 Å². The molecule has 5 nitrogen and oxygen atoms in total. The molecule has 2 aromatic heterocycles. The minimum atomic E-state index is -0.340. The van der Waals surface area contributed by atoms with E-state index in [-0.39, 0.29) is 17.7 Å². The third kappa shape index (κ3) is 3.82. The molecule has 0 unspecified atom stereocenters. The molecule has 0 bridgehead atoms. The number of rotatable bonds is 6. The standard InChI is InChI=1S/C19H24N4OS/c1-14-3-5-16(6-4-14)19(2,11-17(24)15-7-10-25-13-15)18-12-21-23(22-18)9-8-20/h7,10,12-14,16H,3-6,9,11H2,1-2H3/t14?,16?,19-/m0/s1. The van der Waals surface area contributed by atoms with Crippen LogP contribution in [0.15, 0.2) is 23.0 Å². The molecule has 0 amide bonds. The zero-order valence-corrected chi connectivity index (χ0v) is 15.6. The minimum Gasteiger partial charge on any atom is -0.294 e. The van der Waals surface area contributed by atoms with E-state index in [2.05, 4.69) is 30.1 Å². The second kappa shape index (κ2) is 7.49. The van der Waals surface area contributed by atoms with E-state index in [4.69, 9.17) is 5.26 Å². The largest absolute Gasteiger partial charge is 0.294 e. The second-order valence-corrected chi connectivity index (χ2v) is 8.18. The zero-order chi connectivity index (χ0) is 17.9. The van der Waals surface area contributed by atoms with Crippen LogP contribution in [0.4, 0.5) is 0 Å². The topological polar surface area (TPSA) is 71.6 Å². The minimum absolute atomic E-state index is 0.135. The number of hydrogen-bond acceptors (Lipinski definition) is 5. The molecule has 2 aromatic rings. The summed E-state index contributed by atoms with van der Waals surface area (Å²) >= 11 is 1.55. The molecule has 0 saturated heterocycles. The van der Waals surface area contributed by atoms with E-state index in [1.54, 1.807) is 17.5 Å². The Balaban J connectivity index is 1.89. The van der Waals surface area contributed by atoms with E-state index in [1.165, 1.54) is 17.6 Å². The molecular formula is C19H24N4OS. The number of carbonyl (C=O) groups is 1. The van der Waals surface area contributed by atoms with Gasteiger partial charge in [-0.2, -0.15) is 31.6 Å². The third-order valence-corrected chi connectivity index (χ3v) is 6.30. The quantitative estimate of drug-likeness (QED) is 0.727. The number of nitriles is 1. The first-order chi connectivity index (χ1) is 12.0. The number of Topliss-reactive ketones (excluding diaryl/α,β-unsaturated/α-hetero) is 1. The molecule has 1 saturated carbocycles. The number of nitrogens with zero attached hydrogens (tertiary/aromatic N) is 4. The van der Waals surface area contributed by atoms with E-state index >= 15 is 0 Å². The highest BCUT2D eigenvalue weighted by Crippen LogP contribution is 2.44. The molecular weight excluding hydrogens is 332 g/mol. The summed E-state index contributed by atoms with van der Waals surface area (Å²) in [7, 11) is 0. The summed E-state index contributed by atoms with van der Waals surface area (Å²) in [5.74, 6) is 1.33. The van der Waals surface area contributed by atoms with Gasteiger partial charge in [-0.25, -0.2) is 0 Å². The van der Waals surface area contributed by atoms with Crippen LogP contribution in [-0.2, 0) is 12.0 Å². The van der Waals surface area contributed by atoms with Gasteiger partial charge < -0.3 is 0 Å². The van der Waals surface area contributed by atoms with Gasteiger partial charge in [-0.1, -0.05) is 26.7 Å². The van der Waals surface area contributed by atoms with Gasteiger partial charge in [0.1, 0.15) is 6.54 Å². The number of hydrogen-bond donors (Lipinski definition) is 0. The van der Waals surface area contributed by atoms with Crippen LogP contribution in [0, 0.1) is 23.2 Å². The smallest absolute Gasteiger partial charge is 0.164 e. The van der Waals surface area contributed by atoms with Crippen molar-refractivity contribution in [2.45, 2.75) is 57.9 Å². The van der Waals surface area contributed by atoms with Crippen molar-refractivity contribution >= 4 is 17.1 Å². The van der Waals surface area contributed by atoms with Crippen LogP contribution < -0.4 is 0 Å². The Morgan fingerprint density at radius 3 is 2.84 bits per heavy atom. The van der Waals surface area contributed by atoms with Crippen molar-refractivity contribution in [3.63, 3.8) is 0 Å². The summed E-state index contributed by atoms with van der Waals surface area (Å²) in [6.07, 6.45) is 6.79. The Labute approximate surface area is 152 Å². The van der Waals surface area contributed by atoms with Gasteiger partial charge in [0.25, 0.3) is 0 Å². The number of thiophene rings is 1. The second-order valence-electron chi connectivity index (χ2n) is 7.40. The molecule has 3 rings (SSSR count). The van der Waals surface area contributed by atoms with E-state index in [0.29, 0.717) is 12.3 Å². The van der Waals surface area contributed by atoms with Crippen molar-refractivity contribution in [2.24, 2.45) is 11.8 Å². The molecule has 0 aromatic carbocycles. The predicted octanol–water partition coefficient (Wildman–Crippen LogP) is 4.22. The van der Waals surface area contributed by atoms with Gasteiger partial charge in [0.05, 0.1) is 18.0 Å². The molecule has 0 N–H and O–H groups in total. The molecule has 0 radical (unpaired) electrons. The predicted molar refractivity (Wildman–Crippen MR) is 97.4 cm³/mol. The highest BCUT2D eigenvalue weighted by atomic mass is 32.1. The van der Waals surface area contributed by atoms with E-state index in [1.807, 2.05) is 16.8 Å². The SMILES string of the molecule is CC1CCC([C@](C)(CC(=O)c2ccsc2)c2cnn(CC#N)n2)CC1. The Morgan fingerprint density at radius 1 is 1.44 bits per heavy atom. The summed E-state index contributed by atoms with van der Waals surface area (Å²) in [5.41, 5.74) is 1.28. The van der Waals surface area contributed by atoms with Crippen molar-refractivity contribution in [1.29, 1.82) is 5.26 Å². The maximum Gasteiger partial charge on any atom is 0.164 e. The lowest BCUT2D eigenvalue weighted by atomic mass is 9.64. The lowest BCUT2D eigenvalue weighted by Crippen LogP contribution is -2.37. The average molecular weight is 356 g/mol. The normalized spacial score (nSPS) is 22.9. The Hall–Kier alpha value is -2.00. The van der Waals surface area contributed by atoms with Crippen LogP contribution in [0.3, 0.4) is 0 Å². The summed E-state index contributed by atoms with van der Waals surface area (Å²) in [5, 5.41) is 21.5. The molecule has 2 heterocycles. The summed E-state index contributed by atoms with van der Waals surface area (Å²) in [6.45, 7) is 4.59. The summed E-state index contributed by atoms with van der Waals surface area (Å²) in [4.78, 5) is 14.3. The van der Waals surface area contributed by atoms with Gasteiger partial charge in [0.2, 0.25) is 0 Å². The Kier molecular flexibility index (Phi) is 5.33. The first-order valence-electron chi connectivity index (χ1n) is 8.86. The molecule has 1 aliphatic carbocycles. The maximum atomic E-state index is 12.8. The monoisotopic (exact) mass is 356 g/mol. The summed E-state index contributed by atoms with van der Waals surface area (Å²) < 4.78 is 0. The molecule has 1 fully saturated rings. The fourth-order valence-electron chi connectivity index (χ4n) is 3.90. The average Bonchev–Trinajstić information content (AvgIpc) is 3.27. The van der Waals surface area contributed by atoms with Gasteiger partial charge >= 0.3 is 0 Å². The van der Waals surface area contributed by atoms with Gasteiger partial charge in [0, 0.05) is 22.8 Å². The number of ketones is 1. The molecule has 132 valence electrons. The molecule has 6 heteroatoms. The molecule has 1 aliphatic rings. The van der Waals surface area contributed by atoms with Gasteiger partial charge in [0.15, 0.2) is 5.78 Å². The zero-order valence-electron chi connectivity index (χ0n) is 14.8. The lowest BCUT2D eigenvalue weighted by Gasteiger charge is -2.39. The molecule has 0 spiro atoms. The fraction of sp³-hybridized carbons (Fsp3) is 0.579. The van der Waals surface area contributed by atoms with Gasteiger partial charge in [-0.15, -0.1) is 0 Å². The van der Waals surface area contributed by atoms with Crippen molar-refractivity contribution in [1.82, 2.24) is 15.0 Å². The molecule has 0 aliphatic heterocycles. The van der Waals surface area contributed by atoms with Crippen molar-refractivity contribution in [3.05, 3.63) is 34.3 Å². The van der Waals surface area contributed by atoms with Gasteiger partial charge in [-0.05, 0) is 36.1 Å². The first kappa shape index (κ1) is 17.8. The molecule has 25 heavy (non-hydrogen) atoms. The Morgan fingerprint density at radius 2 is 2.20 bits per heavy atom. The molecule has 1 atom stereocenters. The van der Waals surface area contributed by atoms with Crippen LogP contribution in [0.5, 0.6) is 0 Å². The number of carbonyl (C=O) groups excluding carboxylic acids is 1. The van der Waals surface area contributed by atoms with Crippen LogP contribution in [0.25, 0.3) is 0 Å². The van der Waals surface area contributed by atoms with Gasteiger partial charge in [-0.3, -0.25) is 4.79 Å². The third-order valence-electron chi connectivity index (χ3n) is 5.62. The van der Waals surface area contributed by atoms with Crippen molar-refractivity contribution < 1.29 is 4.79 Å². The van der Waals surface area contributed by atoms with Crippen LogP contribution in [0.1, 0.15) is 62.0 Å². The Bertz CT molecular complexity index is 753. The van der Waals surface area contributed by atoms with E-state index in [0.717, 1.165) is 30.0 Å². The lowest BCUT2D eigenvalue weighted by molar-refractivity contribution is 0.0897. The highest BCUT2D eigenvalue weighted by molar-refractivity contribution is 7.08. The van der Waals surface area contributed by atoms with Crippen molar-refractivity contribution in [2.75, 3.05) is 0 Å². The first-order valence-corrected chi connectivity index (χ1v) is 9.80. The van der Waals surface area contributed by atoms with Crippen LogP contribution in [-0.4, -0.2) is 20.8 Å². The van der Waals surface area contributed by atoms with Crippen molar-refractivity contribution in [3.8, 4) is 6.07 Å². The number of aromatic nitrogens is 3. The fourth-order valence-corrected chi connectivity index (χ4v) is 4.56.